The Labute approximate surface area is 89.4 Å². The zero-order valence-corrected chi connectivity index (χ0v) is 8.70. The lowest BCUT2D eigenvalue weighted by atomic mass is 9.97. The molecule has 1 rings (SSSR count). The van der Waals surface area contributed by atoms with E-state index in [-0.39, 0.29) is 19.0 Å². The highest BCUT2D eigenvalue weighted by molar-refractivity contribution is 4.87. The van der Waals surface area contributed by atoms with Gasteiger partial charge in [0.1, 0.15) is 0 Å². The molecule has 0 aliphatic carbocycles. The Balaban J connectivity index is 2.78. The molecule has 7 heteroatoms. The maximum absolute atomic E-state index is 12.3. The van der Waals surface area contributed by atoms with Crippen molar-refractivity contribution < 1.29 is 26.3 Å². The van der Waals surface area contributed by atoms with Gasteiger partial charge >= 0.3 is 12.4 Å². The van der Waals surface area contributed by atoms with Crippen molar-refractivity contribution in [3.05, 3.63) is 0 Å². The van der Waals surface area contributed by atoms with Gasteiger partial charge in [-0.2, -0.15) is 26.3 Å². The fourth-order valence-electron chi connectivity index (χ4n) is 1.89. The van der Waals surface area contributed by atoms with Crippen molar-refractivity contribution in [1.29, 1.82) is 0 Å². The van der Waals surface area contributed by atoms with Gasteiger partial charge in [-0.1, -0.05) is 6.92 Å². The average Bonchev–Trinajstić information content (AvgIpc) is 2.03. The van der Waals surface area contributed by atoms with Crippen LogP contribution in [0.2, 0.25) is 0 Å². The van der Waals surface area contributed by atoms with Crippen LogP contribution in [0.4, 0.5) is 26.3 Å². The van der Waals surface area contributed by atoms with Crippen LogP contribution in [-0.4, -0.2) is 36.4 Å². The Morgan fingerprint density at radius 1 is 0.938 bits per heavy atom. The second kappa shape index (κ2) is 4.43. The third-order valence-electron chi connectivity index (χ3n) is 2.80. The molecule has 0 saturated carbocycles. The van der Waals surface area contributed by atoms with Gasteiger partial charge in [-0.25, -0.2) is 0 Å². The lowest BCUT2D eigenvalue weighted by molar-refractivity contribution is -0.289. The highest BCUT2D eigenvalue weighted by atomic mass is 19.4. The second-order valence-electron chi connectivity index (χ2n) is 4.20. The molecule has 0 bridgehead atoms. The van der Waals surface area contributed by atoms with Crippen LogP contribution in [0.3, 0.4) is 0 Å². The smallest absolute Gasteiger partial charge is 0.285 e. The Hall–Kier alpha value is -0.460. The summed E-state index contributed by atoms with van der Waals surface area (Å²) in [6, 6.07) is -3.31. The molecule has 1 aliphatic rings. The van der Waals surface area contributed by atoms with Gasteiger partial charge in [-0.15, -0.1) is 0 Å². The molecular weight excluding hydrogens is 236 g/mol. The van der Waals surface area contributed by atoms with Crippen molar-refractivity contribution in [2.45, 2.75) is 38.2 Å². The van der Waals surface area contributed by atoms with Crippen LogP contribution >= 0.6 is 0 Å². The summed E-state index contributed by atoms with van der Waals surface area (Å²) < 4.78 is 74.0. The lowest BCUT2D eigenvalue weighted by Gasteiger charge is -2.38. The standard InChI is InChI=1S/C9H13F6N/c1-6-2-4-16(5-3-6)7(8(10,11)12)9(13,14)15/h6-7H,2-5H2,1H3. The summed E-state index contributed by atoms with van der Waals surface area (Å²) in [5, 5.41) is 0. The summed E-state index contributed by atoms with van der Waals surface area (Å²) in [5.41, 5.74) is 0. The van der Waals surface area contributed by atoms with Crippen molar-refractivity contribution in [3.8, 4) is 0 Å². The van der Waals surface area contributed by atoms with E-state index < -0.39 is 18.4 Å². The van der Waals surface area contributed by atoms with Crippen LogP contribution in [-0.2, 0) is 0 Å². The fourth-order valence-corrected chi connectivity index (χ4v) is 1.89. The molecule has 0 atom stereocenters. The minimum atomic E-state index is -5.25. The number of nitrogens with zero attached hydrogens (tertiary/aromatic N) is 1. The molecular formula is C9H13F6N. The zero-order valence-electron chi connectivity index (χ0n) is 8.70. The van der Waals surface area contributed by atoms with Gasteiger partial charge in [-0.05, 0) is 31.8 Å². The molecule has 1 nitrogen and oxygen atoms in total. The average molecular weight is 249 g/mol. The maximum atomic E-state index is 12.3. The van der Waals surface area contributed by atoms with Crippen molar-refractivity contribution in [2.75, 3.05) is 13.1 Å². The summed E-state index contributed by atoms with van der Waals surface area (Å²) >= 11 is 0. The Morgan fingerprint density at radius 2 is 1.31 bits per heavy atom. The van der Waals surface area contributed by atoms with Gasteiger partial charge in [0.05, 0.1) is 0 Å². The van der Waals surface area contributed by atoms with Gasteiger partial charge in [0.2, 0.25) is 6.04 Å². The number of likely N-dealkylation sites (tertiary alicyclic amines) is 1. The third-order valence-corrected chi connectivity index (χ3v) is 2.80. The highest BCUT2D eigenvalue weighted by Gasteiger charge is 2.59. The van der Waals surface area contributed by atoms with Crippen LogP contribution < -0.4 is 0 Å². The Bertz CT molecular complexity index is 211. The van der Waals surface area contributed by atoms with Gasteiger partial charge in [-0.3, -0.25) is 4.90 Å². The highest BCUT2D eigenvalue weighted by Crippen LogP contribution is 2.38. The minimum Gasteiger partial charge on any atom is -0.285 e. The van der Waals surface area contributed by atoms with E-state index >= 15 is 0 Å². The van der Waals surface area contributed by atoms with E-state index in [4.69, 9.17) is 0 Å². The largest absolute Gasteiger partial charge is 0.412 e. The molecule has 1 heterocycles. The van der Waals surface area contributed by atoms with Crippen molar-refractivity contribution in [1.82, 2.24) is 4.90 Å². The summed E-state index contributed by atoms with van der Waals surface area (Å²) in [6.45, 7) is 1.53. The molecule has 1 saturated heterocycles. The van der Waals surface area contributed by atoms with E-state index in [1.807, 2.05) is 6.92 Å². The maximum Gasteiger partial charge on any atom is 0.412 e. The van der Waals surface area contributed by atoms with Gasteiger partial charge in [0.25, 0.3) is 0 Å². The summed E-state index contributed by atoms with van der Waals surface area (Å²) in [4.78, 5) is 0.486. The molecule has 1 fully saturated rings. The SMILES string of the molecule is CC1CCN(C(C(F)(F)F)C(F)(F)F)CC1. The van der Waals surface area contributed by atoms with E-state index in [2.05, 4.69) is 0 Å². The molecule has 0 unspecified atom stereocenters. The molecule has 0 aromatic rings. The van der Waals surface area contributed by atoms with Crippen LogP contribution in [0, 0.1) is 5.92 Å². The molecule has 0 N–H and O–H groups in total. The Kier molecular flexibility index (Phi) is 3.76. The van der Waals surface area contributed by atoms with E-state index in [0.717, 1.165) is 0 Å². The minimum absolute atomic E-state index is 0.148. The number of alkyl halides is 6. The summed E-state index contributed by atoms with van der Waals surface area (Å²) in [5.74, 6) is 0.193. The number of hydrogen-bond donors (Lipinski definition) is 0. The Morgan fingerprint density at radius 3 is 1.62 bits per heavy atom. The first-order chi connectivity index (χ1) is 7.12. The van der Waals surface area contributed by atoms with E-state index in [1.165, 1.54) is 0 Å². The fraction of sp³-hybridized carbons (Fsp3) is 1.00. The first-order valence-electron chi connectivity index (χ1n) is 5.00. The molecule has 0 aromatic carbocycles. The number of halogens is 6. The van der Waals surface area contributed by atoms with Crippen LogP contribution in [0.15, 0.2) is 0 Å². The van der Waals surface area contributed by atoms with Crippen LogP contribution in [0.25, 0.3) is 0 Å². The van der Waals surface area contributed by atoms with Crippen LogP contribution in [0.5, 0.6) is 0 Å². The number of piperidine rings is 1. The summed E-state index contributed by atoms with van der Waals surface area (Å²) in [7, 11) is 0. The molecule has 96 valence electrons. The van der Waals surface area contributed by atoms with Gasteiger partial charge in [0, 0.05) is 0 Å². The molecule has 1 aliphatic heterocycles. The number of hydrogen-bond acceptors (Lipinski definition) is 1. The molecule has 0 amide bonds. The van der Waals surface area contributed by atoms with Crippen LogP contribution in [0.1, 0.15) is 19.8 Å². The number of rotatable bonds is 1. The predicted molar refractivity (Wildman–Crippen MR) is 45.9 cm³/mol. The first-order valence-corrected chi connectivity index (χ1v) is 5.00. The van der Waals surface area contributed by atoms with E-state index in [9.17, 15) is 26.3 Å². The normalized spacial score (nSPS) is 21.8. The van der Waals surface area contributed by atoms with Crippen molar-refractivity contribution in [3.63, 3.8) is 0 Å². The third kappa shape index (κ3) is 3.26. The van der Waals surface area contributed by atoms with E-state index in [1.54, 1.807) is 0 Å². The quantitative estimate of drug-likeness (QED) is 0.645. The van der Waals surface area contributed by atoms with E-state index in [0.29, 0.717) is 17.7 Å². The second-order valence-corrected chi connectivity index (χ2v) is 4.20. The lowest BCUT2D eigenvalue weighted by Crippen LogP contribution is -2.56. The molecule has 0 spiro atoms. The zero-order chi connectivity index (χ0) is 12.6. The first kappa shape index (κ1) is 13.6. The summed E-state index contributed by atoms with van der Waals surface area (Å²) in [6.07, 6.45) is -9.75. The molecule has 16 heavy (non-hydrogen) atoms. The molecule has 0 radical (unpaired) electrons. The topological polar surface area (TPSA) is 3.24 Å². The predicted octanol–water partition coefficient (Wildman–Crippen LogP) is 3.21. The molecule has 0 aromatic heterocycles. The van der Waals surface area contributed by atoms with Gasteiger partial charge in [0.15, 0.2) is 0 Å². The monoisotopic (exact) mass is 249 g/mol. The van der Waals surface area contributed by atoms with Gasteiger partial charge < -0.3 is 0 Å². The van der Waals surface area contributed by atoms with Crippen molar-refractivity contribution in [2.24, 2.45) is 5.92 Å². The van der Waals surface area contributed by atoms with Crippen molar-refractivity contribution >= 4 is 0 Å².